The molecule has 1 aromatic rings. The first-order valence-electron chi connectivity index (χ1n) is 6.51. The molecule has 0 saturated carbocycles. The lowest BCUT2D eigenvalue weighted by Gasteiger charge is -2.04. The first-order chi connectivity index (χ1) is 10.0. The maximum atomic E-state index is 11.9. The fourth-order valence-electron chi connectivity index (χ4n) is 1.69. The van der Waals surface area contributed by atoms with E-state index in [-0.39, 0.29) is 11.9 Å². The molecule has 0 spiro atoms. The van der Waals surface area contributed by atoms with Crippen molar-refractivity contribution in [2.45, 2.75) is 13.3 Å². The first kappa shape index (κ1) is 15.7. The molecule has 0 aliphatic carbocycles. The number of thioether (sulfide) groups is 1. The molecule has 6 heteroatoms. The van der Waals surface area contributed by atoms with Crippen LogP contribution in [0.5, 0.6) is 0 Å². The van der Waals surface area contributed by atoms with Gasteiger partial charge in [-0.1, -0.05) is 43.0 Å². The van der Waals surface area contributed by atoms with Crippen LogP contribution in [0.2, 0.25) is 0 Å². The van der Waals surface area contributed by atoms with Gasteiger partial charge in [-0.3, -0.25) is 9.69 Å². The van der Waals surface area contributed by atoms with Gasteiger partial charge < -0.3 is 4.74 Å². The van der Waals surface area contributed by atoms with Gasteiger partial charge in [0, 0.05) is 7.05 Å². The number of rotatable bonds is 4. The van der Waals surface area contributed by atoms with Crippen molar-refractivity contribution in [3.63, 3.8) is 0 Å². The van der Waals surface area contributed by atoms with E-state index in [9.17, 15) is 9.59 Å². The van der Waals surface area contributed by atoms with Gasteiger partial charge in [-0.15, -0.1) is 0 Å². The summed E-state index contributed by atoms with van der Waals surface area (Å²) in [4.78, 5) is 25.6. The van der Waals surface area contributed by atoms with Gasteiger partial charge in [0.05, 0.1) is 17.1 Å². The number of hydrogen-bond donors (Lipinski definition) is 0. The molecule has 0 radical (unpaired) electrons. The van der Waals surface area contributed by atoms with Crippen molar-refractivity contribution >= 4 is 46.3 Å². The number of benzene rings is 1. The molecule has 21 heavy (non-hydrogen) atoms. The highest BCUT2D eigenvalue weighted by atomic mass is 32.2. The van der Waals surface area contributed by atoms with Crippen molar-refractivity contribution in [2.75, 3.05) is 13.7 Å². The van der Waals surface area contributed by atoms with E-state index >= 15 is 0 Å². The molecule has 110 valence electrons. The van der Waals surface area contributed by atoms with E-state index in [0.717, 1.165) is 12.0 Å². The molecule has 0 N–H and O–H groups in total. The zero-order chi connectivity index (χ0) is 15.4. The molecule has 1 heterocycles. The van der Waals surface area contributed by atoms with Gasteiger partial charge in [-0.25, -0.2) is 4.79 Å². The zero-order valence-electron chi connectivity index (χ0n) is 11.8. The van der Waals surface area contributed by atoms with Crippen molar-refractivity contribution in [1.82, 2.24) is 4.90 Å². The Balaban J connectivity index is 2.11. The third-order valence-electron chi connectivity index (χ3n) is 2.87. The Morgan fingerprint density at radius 2 is 2.05 bits per heavy atom. The van der Waals surface area contributed by atoms with Crippen LogP contribution in [0.25, 0.3) is 6.08 Å². The number of nitrogens with zero attached hydrogens (tertiary/aromatic N) is 1. The van der Waals surface area contributed by atoms with Crippen molar-refractivity contribution < 1.29 is 14.3 Å². The van der Waals surface area contributed by atoms with Crippen LogP contribution in [-0.2, 0) is 9.53 Å². The molecule has 0 aromatic heterocycles. The Bertz CT molecular complexity index is 608. The summed E-state index contributed by atoms with van der Waals surface area (Å²) in [6, 6.07) is 6.95. The van der Waals surface area contributed by atoms with Crippen LogP contribution in [-0.4, -0.2) is 34.8 Å². The molecule has 1 aliphatic rings. The minimum absolute atomic E-state index is 0.101. The second kappa shape index (κ2) is 6.87. The number of hydrogen-bond acceptors (Lipinski definition) is 5. The molecule has 0 atom stereocenters. The quantitative estimate of drug-likeness (QED) is 0.484. The van der Waals surface area contributed by atoms with Crippen molar-refractivity contribution in [3.8, 4) is 0 Å². The van der Waals surface area contributed by atoms with Crippen molar-refractivity contribution in [3.05, 3.63) is 40.3 Å². The summed E-state index contributed by atoms with van der Waals surface area (Å²) in [7, 11) is 1.66. The van der Waals surface area contributed by atoms with Gasteiger partial charge in [0.25, 0.3) is 5.91 Å². The lowest BCUT2D eigenvalue weighted by Crippen LogP contribution is -2.22. The average molecular weight is 321 g/mol. The minimum atomic E-state index is -0.330. The second-order valence-electron chi connectivity index (χ2n) is 4.50. The van der Waals surface area contributed by atoms with E-state index in [1.54, 1.807) is 37.4 Å². The van der Waals surface area contributed by atoms with Gasteiger partial charge >= 0.3 is 5.97 Å². The van der Waals surface area contributed by atoms with E-state index in [1.807, 2.05) is 6.92 Å². The molecular weight excluding hydrogens is 306 g/mol. The monoisotopic (exact) mass is 321 g/mol. The molecule has 0 bridgehead atoms. The van der Waals surface area contributed by atoms with Crippen LogP contribution in [0.1, 0.15) is 29.3 Å². The van der Waals surface area contributed by atoms with Gasteiger partial charge in [0.1, 0.15) is 4.32 Å². The maximum absolute atomic E-state index is 11.9. The maximum Gasteiger partial charge on any atom is 0.338 e. The van der Waals surface area contributed by atoms with E-state index in [0.29, 0.717) is 21.4 Å². The standard InChI is InChI=1S/C15H15NO3S2/c1-3-8-19-14(18)11-6-4-10(5-7-11)9-12-13(17)16(2)15(20)21-12/h4-7,9H,3,8H2,1-2H3. The number of carbonyl (C=O) groups is 2. The summed E-state index contributed by atoms with van der Waals surface area (Å²) in [5, 5.41) is 0. The Labute approximate surface area is 133 Å². The molecule has 1 amide bonds. The normalized spacial score (nSPS) is 16.7. The molecule has 1 saturated heterocycles. The number of amides is 1. The third-order valence-corrected chi connectivity index (χ3v) is 4.35. The molecule has 4 nitrogen and oxygen atoms in total. The van der Waals surface area contributed by atoms with Crippen LogP contribution in [0.15, 0.2) is 29.2 Å². The Morgan fingerprint density at radius 1 is 1.38 bits per heavy atom. The van der Waals surface area contributed by atoms with Crippen molar-refractivity contribution in [1.29, 1.82) is 0 Å². The molecule has 2 rings (SSSR count). The smallest absolute Gasteiger partial charge is 0.338 e. The number of likely N-dealkylation sites (N-methyl/N-ethyl adjacent to an activating group) is 1. The zero-order valence-corrected chi connectivity index (χ0v) is 13.4. The van der Waals surface area contributed by atoms with Crippen molar-refractivity contribution in [2.24, 2.45) is 0 Å². The van der Waals surface area contributed by atoms with E-state index in [2.05, 4.69) is 0 Å². The highest BCUT2D eigenvalue weighted by Gasteiger charge is 2.28. The van der Waals surface area contributed by atoms with E-state index < -0.39 is 0 Å². The third kappa shape index (κ3) is 3.71. The summed E-state index contributed by atoms with van der Waals surface area (Å²) in [6.45, 7) is 2.36. The van der Waals surface area contributed by atoms with Crippen LogP contribution < -0.4 is 0 Å². The topological polar surface area (TPSA) is 46.6 Å². The first-order valence-corrected chi connectivity index (χ1v) is 7.74. The van der Waals surface area contributed by atoms with E-state index in [4.69, 9.17) is 17.0 Å². The van der Waals surface area contributed by atoms with Crippen LogP contribution >= 0.6 is 24.0 Å². The predicted molar refractivity (Wildman–Crippen MR) is 88.0 cm³/mol. The average Bonchev–Trinajstić information content (AvgIpc) is 2.73. The summed E-state index contributed by atoms with van der Waals surface area (Å²) >= 11 is 6.35. The summed E-state index contributed by atoms with van der Waals surface area (Å²) in [5.74, 6) is -0.431. The Morgan fingerprint density at radius 3 is 2.57 bits per heavy atom. The lowest BCUT2D eigenvalue weighted by atomic mass is 10.1. The largest absolute Gasteiger partial charge is 0.462 e. The number of thiocarbonyl (C=S) groups is 1. The highest BCUT2D eigenvalue weighted by molar-refractivity contribution is 8.26. The summed E-state index contributed by atoms with van der Waals surface area (Å²) in [5.41, 5.74) is 1.35. The number of ether oxygens (including phenoxy) is 1. The number of carbonyl (C=O) groups excluding carboxylic acids is 2. The fraction of sp³-hybridized carbons (Fsp3) is 0.267. The predicted octanol–water partition coefficient (Wildman–Crippen LogP) is 3.08. The second-order valence-corrected chi connectivity index (χ2v) is 6.17. The minimum Gasteiger partial charge on any atom is -0.462 e. The van der Waals surface area contributed by atoms with E-state index in [1.165, 1.54) is 16.7 Å². The molecule has 1 fully saturated rings. The Kier molecular flexibility index (Phi) is 5.14. The van der Waals surface area contributed by atoms with Crippen LogP contribution in [0.3, 0.4) is 0 Å². The molecule has 0 unspecified atom stereocenters. The van der Waals surface area contributed by atoms with Gasteiger partial charge in [0.2, 0.25) is 0 Å². The summed E-state index contributed by atoms with van der Waals surface area (Å²) in [6.07, 6.45) is 2.56. The van der Waals surface area contributed by atoms with Crippen LogP contribution in [0.4, 0.5) is 0 Å². The fourth-order valence-corrected chi connectivity index (χ4v) is 2.87. The van der Waals surface area contributed by atoms with Gasteiger partial charge in [-0.2, -0.15) is 0 Å². The lowest BCUT2D eigenvalue weighted by molar-refractivity contribution is -0.121. The number of esters is 1. The molecule has 1 aliphatic heterocycles. The molecule has 1 aromatic carbocycles. The molecular formula is C15H15NO3S2. The Hall–Kier alpha value is -1.66. The highest BCUT2D eigenvalue weighted by Crippen LogP contribution is 2.31. The van der Waals surface area contributed by atoms with Crippen LogP contribution in [0, 0.1) is 0 Å². The van der Waals surface area contributed by atoms with Gasteiger partial charge in [-0.05, 0) is 30.2 Å². The SMILES string of the molecule is CCCOC(=O)c1ccc(C=C2SC(=S)N(C)C2=O)cc1. The van der Waals surface area contributed by atoms with Gasteiger partial charge in [0.15, 0.2) is 0 Å². The summed E-state index contributed by atoms with van der Waals surface area (Å²) < 4.78 is 5.61.